The van der Waals surface area contributed by atoms with E-state index in [1.54, 1.807) is 7.11 Å². The Balaban J connectivity index is 1.44. The lowest BCUT2D eigenvalue weighted by Gasteiger charge is -2.22. The molecule has 0 spiro atoms. The maximum atomic E-state index is 12.0. The fourth-order valence-electron chi connectivity index (χ4n) is 2.97. The number of aromatic nitrogens is 2. The topological polar surface area (TPSA) is 111 Å². The molecule has 0 aliphatic carbocycles. The van der Waals surface area contributed by atoms with Crippen molar-refractivity contribution in [1.29, 1.82) is 0 Å². The van der Waals surface area contributed by atoms with Crippen LogP contribution in [0.2, 0.25) is 0 Å². The number of rotatable bonds is 7. The standard InChI is InChI=1S/C18H23N3O5S/c1-25-15-5-2-4-13(12-15)18-20-17(26-21-18)7-3-6-16(22)19-14-8-10-27(23,24)11-9-14/h2,4-5,12,14H,3,6-11H2,1H3,(H,19,22). The van der Waals surface area contributed by atoms with Crippen LogP contribution in [-0.4, -0.2) is 49.1 Å². The summed E-state index contributed by atoms with van der Waals surface area (Å²) in [5, 5.41) is 6.87. The number of ether oxygens (including phenoxy) is 1. The molecule has 3 rings (SSSR count). The molecule has 1 aromatic heterocycles. The number of sulfone groups is 1. The molecule has 1 aromatic carbocycles. The number of benzene rings is 1. The summed E-state index contributed by atoms with van der Waals surface area (Å²) in [4.78, 5) is 16.4. The molecular weight excluding hydrogens is 370 g/mol. The third-order valence-electron chi connectivity index (χ3n) is 4.51. The Kier molecular flexibility index (Phi) is 6.10. The molecule has 1 N–H and O–H groups in total. The quantitative estimate of drug-likeness (QED) is 0.763. The van der Waals surface area contributed by atoms with E-state index in [0.29, 0.717) is 49.6 Å². The lowest BCUT2D eigenvalue weighted by atomic mass is 10.1. The second kappa shape index (κ2) is 8.51. The molecule has 27 heavy (non-hydrogen) atoms. The van der Waals surface area contributed by atoms with Crippen molar-refractivity contribution in [1.82, 2.24) is 15.5 Å². The van der Waals surface area contributed by atoms with Gasteiger partial charge < -0.3 is 14.6 Å². The Morgan fingerprint density at radius 3 is 2.85 bits per heavy atom. The minimum atomic E-state index is -2.92. The number of hydrogen-bond acceptors (Lipinski definition) is 7. The van der Waals surface area contributed by atoms with E-state index in [0.717, 1.165) is 5.56 Å². The van der Waals surface area contributed by atoms with E-state index in [4.69, 9.17) is 9.26 Å². The molecule has 0 radical (unpaired) electrons. The summed E-state index contributed by atoms with van der Waals surface area (Å²) >= 11 is 0. The van der Waals surface area contributed by atoms with Gasteiger partial charge in [0.05, 0.1) is 18.6 Å². The van der Waals surface area contributed by atoms with Gasteiger partial charge in [0, 0.05) is 24.4 Å². The first-order valence-corrected chi connectivity index (χ1v) is 10.7. The predicted octanol–water partition coefficient (Wildman–Crippen LogP) is 1.76. The van der Waals surface area contributed by atoms with E-state index in [-0.39, 0.29) is 23.5 Å². The molecular formula is C18H23N3O5S. The van der Waals surface area contributed by atoms with Gasteiger partial charge in [0.1, 0.15) is 15.6 Å². The van der Waals surface area contributed by atoms with Gasteiger partial charge >= 0.3 is 0 Å². The maximum absolute atomic E-state index is 12.0. The zero-order valence-electron chi connectivity index (χ0n) is 15.2. The molecule has 0 saturated carbocycles. The van der Waals surface area contributed by atoms with E-state index in [9.17, 15) is 13.2 Å². The van der Waals surface area contributed by atoms with Crippen molar-refractivity contribution in [2.24, 2.45) is 0 Å². The van der Waals surface area contributed by atoms with Gasteiger partial charge in [0.15, 0.2) is 0 Å². The Bertz CT molecular complexity index is 880. The molecule has 1 aliphatic rings. The van der Waals surface area contributed by atoms with E-state index >= 15 is 0 Å². The molecule has 2 heterocycles. The van der Waals surface area contributed by atoms with Crippen molar-refractivity contribution < 1.29 is 22.5 Å². The Morgan fingerprint density at radius 1 is 1.33 bits per heavy atom. The van der Waals surface area contributed by atoms with Crippen molar-refractivity contribution in [3.63, 3.8) is 0 Å². The van der Waals surface area contributed by atoms with Gasteiger partial charge in [-0.15, -0.1) is 0 Å². The van der Waals surface area contributed by atoms with Crippen molar-refractivity contribution in [2.75, 3.05) is 18.6 Å². The molecule has 1 fully saturated rings. The molecule has 0 atom stereocenters. The first-order valence-electron chi connectivity index (χ1n) is 8.92. The third-order valence-corrected chi connectivity index (χ3v) is 6.23. The van der Waals surface area contributed by atoms with Gasteiger partial charge in [-0.25, -0.2) is 8.42 Å². The lowest BCUT2D eigenvalue weighted by Crippen LogP contribution is -2.40. The molecule has 1 saturated heterocycles. The largest absolute Gasteiger partial charge is 0.497 e. The molecule has 1 aliphatic heterocycles. The van der Waals surface area contributed by atoms with Gasteiger partial charge in [-0.05, 0) is 31.4 Å². The first kappa shape index (κ1) is 19.3. The molecule has 146 valence electrons. The molecule has 2 aromatic rings. The minimum Gasteiger partial charge on any atom is -0.497 e. The predicted molar refractivity (Wildman–Crippen MR) is 99.0 cm³/mol. The van der Waals surface area contributed by atoms with Crippen LogP contribution in [0.1, 0.15) is 31.6 Å². The number of methoxy groups -OCH3 is 1. The van der Waals surface area contributed by atoms with Crippen LogP contribution in [0.5, 0.6) is 5.75 Å². The number of carbonyl (C=O) groups is 1. The highest BCUT2D eigenvalue weighted by molar-refractivity contribution is 7.91. The fourth-order valence-corrected chi connectivity index (χ4v) is 4.46. The lowest BCUT2D eigenvalue weighted by molar-refractivity contribution is -0.121. The number of aryl methyl sites for hydroxylation is 1. The summed E-state index contributed by atoms with van der Waals surface area (Å²) in [6, 6.07) is 7.33. The van der Waals surface area contributed by atoms with Crippen molar-refractivity contribution in [2.45, 2.75) is 38.1 Å². The average molecular weight is 393 g/mol. The van der Waals surface area contributed by atoms with Gasteiger partial charge in [-0.2, -0.15) is 4.98 Å². The van der Waals surface area contributed by atoms with Crippen LogP contribution in [0.4, 0.5) is 0 Å². The molecule has 0 unspecified atom stereocenters. The second-order valence-electron chi connectivity index (χ2n) is 6.59. The fraction of sp³-hybridized carbons (Fsp3) is 0.500. The van der Waals surface area contributed by atoms with Gasteiger partial charge in [-0.1, -0.05) is 17.3 Å². The summed E-state index contributed by atoms with van der Waals surface area (Å²) < 4.78 is 33.2. The zero-order chi connectivity index (χ0) is 19.3. The SMILES string of the molecule is COc1cccc(-c2noc(CCCC(=O)NC3CCS(=O)(=O)CC3)n2)c1. The second-order valence-corrected chi connectivity index (χ2v) is 8.89. The highest BCUT2D eigenvalue weighted by Gasteiger charge is 2.24. The molecule has 0 bridgehead atoms. The van der Waals surface area contributed by atoms with Crippen LogP contribution in [0.25, 0.3) is 11.4 Å². The summed E-state index contributed by atoms with van der Waals surface area (Å²) in [7, 11) is -1.32. The third kappa shape index (κ3) is 5.53. The van der Waals surface area contributed by atoms with Crippen LogP contribution in [0.3, 0.4) is 0 Å². The van der Waals surface area contributed by atoms with Gasteiger partial charge in [0.2, 0.25) is 17.6 Å². The van der Waals surface area contributed by atoms with Gasteiger partial charge in [-0.3, -0.25) is 4.79 Å². The molecule has 1 amide bonds. The smallest absolute Gasteiger partial charge is 0.226 e. The van der Waals surface area contributed by atoms with E-state index < -0.39 is 9.84 Å². The Labute approximate surface area is 158 Å². The monoisotopic (exact) mass is 393 g/mol. The first-order chi connectivity index (χ1) is 12.9. The van der Waals surface area contributed by atoms with Crippen molar-refractivity contribution in [3.05, 3.63) is 30.2 Å². The normalized spacial score (nSPS) is 16.8. The number of nitrogens with one attached hydrogen (secondary N) is 1. The highest BCUT2D eigenvalue weighted by Crippen LogP contribution is 2.21. The number of nitrogens with zero attached hydrogens (tertiary/aromatic N) is 2. The van der Waals surface area contributed by atoms with E-state index in [1.807, 2.05) is 24.3 Å². The van der Waals surface area contributed by atoms with Crippen LogP contribution < -0.4 is 10.1 Å². The molecule has 8 nitrogen and oxygen atoms in total. The van der Waals surface area contributed by atoms with Crippen LogP contribution >= 0.6 is 0 Å². The maximum Gasteiger partial charge on any atom is 0.226 e. The zero-order valence-corrected chi connectivity index (χ0v) is 16.0. The van der Waals surface area contributed by atoms with E-state index in [2.05, 4.69) is 15.5 Å². The van der Waals surface area contributed by atoms with Crippen LogP contribution in [0, 0.1) is 0 Å². The number of hydrogen-bond donors (Lipinski definition) is 1. The number of carbonyl (C=O) groups excluding carboxylic acids is 1. The van der Waals surface area contributed by atoms with Crippen LogP contribution in [0.15, 0.2) is 28.8 Å². The summed E-state index contributed by atoms with van der Waals surface area (Å²) in [5.41, 5.74) is 0.800. The van der Waals surface area contributed by atoms with E-state index in [1.165, 1.54) is 0 Å². The highest BCUT2D eigenvalue weighted by atomic mass is 32.2. The minimum absolute atomic E-state index is 0.0518. The van der Waals surface area contributed by atoms with Crippen molar-refractivity contribution in [3.8, 4) is 17.1 Å². The number of amides is 1. The summed E-state index contributed by atoms with van der Waals surface area (Å²) in [6.07, 6.45) is 2.39. The average Bonchev–Trinajstić information content (AvgIpc) is 3.12. The Hall–Kier alpha value is -2.42. The summed E-state index contributed by atoms with van der Waals surface area (Å²) in [5.74, 6) is 1.89. The Morgan fingerprint density at radius 2 is 2.11 bits per heavy atom. The molecule has 9 heteroatoms. The summed E-state index contributed by atoms with van der Waals surface area (Å²) in [6.45, 7) is 0. The van der Waals surface area contributed by atoms with Crippen molar-refractivity contribution >= 4 is 15.7 Å². The van der Waals surface area contributed by atoms with Gasteiger partial charge in [0.25, 0.3) is 0 Å². The van der Waals surface area contributed by atoms with Crippen LogP contribution in [-0.2, 0) is 21.1 Å².